The maximum atomic E-state index is 14.2. The number of nitrogens with one attached hydrogen (secondary N) is 1. The van der Waals surface area contributed by atoms with Crippen molar-refractivity contribution in [3.05, 3.63) is 63.0 Å². The molecule has 0 atom stereocenters. The minimum absolute atomic E-state index is 0.0254. The summed E-state index contributed by atoms with van der Waals surface area (Å²) in [5, 5.41) is 28.8. The number of rotatable bonds is 4. The lowest BCUT2D eigenvalue weighted by molar-refractivity contribution is -0.138. The Morgan fingerprint density at radius 3 is 1.93 bits per heavy atom. The van der Waals surface area contributed by atoms with Crippen LogP contribution in [0.2, 0.25) is 0 Å². The zero-order valence-electron chi connectivity index (χ0n) is 14.2. The van der Waals surface area contributed by atoms with Crippen LogP contribution in [-0.2, 0) is 6.18 Å². The van der Waals surface area contributed by atoms with Crippen LogP contribution in [0.5, 0.6) is 11.5 Å². The second-order valence-corrected chi connectivity index (χ2v) is 6.20. The maximum Gasteiger partial charge on any atom is 0.416 e. The van der Waals surface area contributed by atoms with Gasteiger partial charge in [-0.25, -0.2) is 13.2 Å². The van der Waals surface area contributed by atoms with E-state index in [2.05, 4.69) is 21.2 Å². The molecule has 12 heteroatoms. The summed E-state index contributed by atoms with van der Waals surface area (Å²) in [7, 11) is 0. The van der Waals surface area contributed by atoms with Gasteiger partial charge in [0, 0.05) is 6.07 Å². The van der Waals surface area contributed by atoms with Crippen molar-refractivity contribution in [2.75, 3.05) is 5.32 Å². The molecule has 0 aliphatic rings. The number of hydrogen-bond donors (Lipinski definition) is 1. The van der Waals surface area contributed by atoms with E-state index in [1.165, 1.54) is 18.2 Å². The highest BCUT2D eigenvalue weighted by Gasteiger charge is 2.33. The van der Waals surface area contributed by atoms with Crippen LogP contribution in [0.15, 0.2) is 40.0 Å². The Bertz CT molecular complexity index is 1130. The number of allylic oxidation sites excluding steroid dienone is 2. The lowest BCUT2D eigenvalue weighted by atomic mass is 10.2. The lowest BCUT2D eigenvalue weighted by Gasteiger charge is -2.14. The van der Waals surface area contributed by atoms with Gasteiger partial charge in [0.15, 0.2) is 23.0 Å². The Labute approximate surface area is 173 Å². The van der Waals surface area contributed by atoms with Gasteiger partial charge in [-0.15, -0.1) is 0 Å². The van der Waals surface area contributed by atoms with Crippen molar-refractivity contribution in [1.82, 2.24) is 0 Å². The van der Waals surface area contributed by atoms with E-state index in [0.29, 0.717) is 0 Å². The van der Waals surface area contributed by atoms with Gasteiger partial charge in [-0.2, -0.15) is 29.0 Å². The fraction of sp³-hybridized carbons (Fsp3) is 0.0556. The van der Waals surface area contributed by atoms with E-state index in [-0.39, 0.29) is 16.6 Å². The second-order valence-electron chi connectivity index (χ2n) is 5.34. The molecule has 0 fully saturated rings. The first kappa shape index (κ1) is 22.6. The number of anilines is 1. The normalized spacial score (nSPS) is 10.4. The molecular weight excluding hydrogens is 482 g/mol. The van der Waals surface area contributed by atoms with Crippen LogP contribution in [-0.4, -0.2) is 0 Å². The number of ether oxygens (including phenoxy) is 1. The Kier molecular flexibility index (Phi) is 6.60. The molecule has 0 aromatic heterocycles. The van der Waals surface area contributed by atoms with Gasteiger partial charge in [0.05, 0.1) is 15.7 Å². The van der Waals surface area contributed by atoms with Crippen LogP contribution in [0.4, 0.5) is 32.0 Å². The van der Waals surface area contributed by atoms with Gasteiger partial charge in [0.1, 0.15) is 35.5 Å². The molecule has 0 spiro atoms. The van der Waals surface area contributed by atoms with Crippen LogP contribution < -0.4 is 10.1 Å². The Hall–Kier alpha value is -3.69. The highest BCUT2D eigenvalue weighted by atomic mass is 79.9. The molecule has 0 saturated heterocycles. The highest BCUT2D eigenvalue weighted by molar-refractivity contribution is 9.10. The zero-order chi connectivity index (χ0) is 22.6. The van der Waals surface area contributed by atoms with Gasteiger partial charge in [0.2, 0.25) is 0 Å². The van der Waals surface area contributed by atoms with Crippen LogP contribution in [0.25, 0.3) is 0 Å². The third-order valence-electron chi connectivity index (χ3n) is 3.40. The monoisotopic (exact) mass is 486 g/mol. The Morgan fingerprint density at radius 1 is 0.900 bits per heavy atom. The largest absolute Gasteiger partial charge is 0.450 e. The van der Waals surface area contributed by atoms with Gasteiger partial charge in [-0.1, -0.05) is 0 Å². The lowest BCUT2D eigenvalue weighted by Crippen LogP contribution is -2.07. The molecule has 0 heterocycles. The molecule has 0 unspecified atom stereocenters. The molecule has 2 rings (SSSR count). The SMILES string of the molecule is N#CC(C#N)=C(C#N)Nc1cc(Oc2c(F)cc(C(F)(F)F)cc2F)c(Br)cc1F. The number of nitrogens with zero attached hydrogens (tertiary/aromatic N) is 3. The van der Waals surface area contributed by atoms with Gasteiger partial charge in [-0.05, 0) is 34.1 Å². The van der Waals surface area contributed by atoms with E-state index in [0.717, 1.165) is 12.1 Å². The fourth-order valence-corrected chi connectivity index (χ4v) is 2.45. The summed E-state index contributed by atoms with van der Waals surface area (Å²) in [4.78, 5) is 0. The number of alkyl halides is 3. The van der Waals surface area contributed by atoms with Crippen molar-refractivity contribution in [1.29, 1.82) is 15.8 Å². The molecule has 0 bridgehead atoms. The predicted octanol–water partition coefficient (Wildman–Crippen LogP) is 5.91. The van der Waals surface area contributed by atoms with Crippen molar-refractivity contribution in [2.24, 2.45) is 0 Å². The molecule has 0 radical (unpaired) electrons. The van der Waals surface area contributed by atoms with Crippen molar-refractivity contribution < 1.29 is 31.1 Å². The van der Waals surface area contributed by atoms with E-state index in [1.54, 1.807) is 0 Å². The molecule has 2 aromatic carbocycles. The molecule has 0 amide bonds. The summed E-state index contributed by atoms with van der Waals surface area (Å²) in [6, 6.07) is 5.96. The average Bonchev–Trinajstić information content (AvgIpc) is 2.66. The van der Waals surface area contributed by atoms with E-state index < -0.39 is 57.6 Å². The van der Waals surface area contributed by atoms with Crippen LogP contribution in [0, 0.1) is 51.4 Å². The summed E-state index contributed by atoms with van der Waals surface area (Å²) < 4.78 is 84.9. The number of hydrogen-bond acceptors (Lipinski definition) is 5. The third-order valence-corrected chi connectivity index (χ3v) is 4.02. The van der Waals surface area contributed by atoms with Crippen LogP contribution >= 0.6 is 15.9 Å². The molecule has 5 nitrogen and oxygen atoms in total. The van der Waals surface area contributed by atoms with Crippen molar-refractivity contribution in [3.63, 3.8) is 0 Å². The summed E-state index contributed by atoms with van der Waals surface area (Å²) in [5.41, 5.74) is -3.36. The fourth-order valence-electron chi connectivity index (χ4n) is 2.05. The quantitative estimate of drug-likeness (QED) is 0.428. The summed E-state index contributed by atoms with van der Waals surface area (Å²) in [6.07, 6.45) is -4.99. The first-order valence-corrected chi connectivity index (χ1v) is 8.25. The standard InChI is InChI=1S/C18H5BrF6N4O/c19-10-3-11(20)14(29-15(7-28)8(5-26)6-27)4-16(10)30-17-12(21)1-9(2-13(17)22)18(23,24)25/h1-4,29H. The number of halogens is 7. The van der Waals surface area contributed by atoms with Crippen LogP contribution in [0.3, 0.4) is 0 Å². The maximum absolute atomic E-state index is 14.2. The molecule has 1 N–H and O–H groups in total. The smallest absolute Gasteiger partial charge is 0.416 e. The summed E-state index contributed by atoms with van der Waals surface area (Å²) in [6.45, 7) is 0. The number of nitriles is 3. The predicted molar refractivity (Wildman–Crippen MR) is 93.0 cm³/mol. The van der Waals surface area contributed by atoms with E-state index in [9.17, 15) is 26.3 Å². The first-order valence-electron chi connectivity index (χ1n) is 7.46. The molecular formula is C18H5BrF6N4O. The zero-order valence-corrected chi connectivity index (χ0v) is 15.8. The Morgan fingerprint density at radius 2 is 1.47 bits per heavy atom. The van der Waals surface area contributed by atoms with Crippen molar-refractivity contribution >= 4 is 21.6 Å². The van der Waals surface area contributed by atoms with Crippen molar-refractivity contribution in [3.8, 4) is 29.7 Å². The second kappa shape index (κ2) is 8.76. The minimum Gasteiger partial charge on any atom is -0.450 e. The average molecular weight is 487 g/mol. The van der Waals surface area contributed by atoms with Gasteiger partial charge < -0.3 is 10.1 Å². The van der Waals surface area contributed by atoms with E-state index >= 15 is 0 Å². The minimum atomic E-state index is -4.99. The molecule has 152 valence electrons. The highest BCUT2D eigenvalue weighted by Crippen LogP contribution is 2.39. The van der Waals surface area contributed by atoms with Crippen LogP contribution in [0.1, 0.15) is 5.56 Å². The first-order chi connectivity index (χ1) is 14.0. The third kappa shape index (κ3) is 4.83. The summed E-state index contributed by atoms with van der Waals surface area (Å²) >= 11 is 2.87. The van der Waals surface area contributed by atoms with Gasteiger partial charge >= 0.3 is 6.18 Å². The van der Waals surface area contributed by atoms with E-state index in [1.807, 2.05) is 0 Å². The Balaban J connectivity index is 2.50. The van der Waals surface area contributed by atoms with E-state index in [4.69, 9.17) is 20.5 Å². The van der Waals surface area contributed by atoms with Gasteiger partial charge in [-0.3, -0.25) is 0 Å². The molecule has 0 saturated carbocycles. The molecule has 0 aliphatic heterocycles. The molecule has 30 heavy (non-hydrogen) atoms. The molecule has 0 aliphatic carbocycles. The topological polar surface area (TPSA) is 92.6 Å². The van der Waals surface area contributed by atoms with Gasteiger partial charge in [0.25, 0.3) is 0 Å². The molecule has 2 aromatic rings. The van der Waals surface area contributed by atoms with Crippen molar-refractivity contribution in [2.45, 2.75) is 6.18 Å². The summed E-state index contributed by atoms with van der Waals surface area (Å²) in [5.74, 6) is -5.97. The number of benzene rings is 2.